The number of rotatable bonds is 3. The molecule has 0 aliphatic heterocycles. The first-order valence-corrected chi connectivity index (χ1v) is 5.90. The standard InChI is InChI=1S/C14H17N3O2/c1-8-9(2)17-14(15)12(16-8)10-6-5-7-11(18-3)13(10)19-4/h5-7H,1-4H3,(H2,15,17). The summed E-state index contributed by atoms with van der Waals surface area (Å²) >= 11 is 0. The molecular formula is C14H17N3O2. The molecule has 1 aromatic heterocycles. The van der Waals surface area contributed by atoms with E-state index in [1.165, 1.54) is 0 Å². The van der Waals surface area contributed by atoms with E-state index >= 15 is 0 Å². The molecule has 2 rings (SSSR count). The Morgan fingerprint density at radius 2 is 1.68 bits per heavy atom. The van der Waals surface area contributed by atoms with Crippen LogP contribution in [-0.4, -0.2) is 24.2 Å². The molecule has 0 aliphatic rings. The molecule has 100 valence electrons. The second-order valence-corrected chi connectivity index (χ2v) is 4.17. The third-order valence-electron chi connectivity index (χ3n) is 2.99. The normalized spacial score (nSPS) is 10.3. The minimum atomic E-state index is 0.384. The van der Waals surface area contributed by atoms with E-state index in [9.17, 15) is 0 Å². The molecule has 2 N–H and O–H groups in total. The van der Waals surface area contributed by atoms with Crippen LogP contribution in [0.1, 0.15) is 11.4 Å². The molecule has 0 atom stereocenters. The monoisotopic (exact) mass is 259 g/mol. The number of para-hydroxylation sites is 1. The van der Waals surface area contributed by atoms with E-state index in [-0.39, 0.29) is 0 Å². The zero-order valence-electron chi connectivity index (χ0n) is 11.5. The van der Waals surface area contributed by atoms with Crippen molar-refractivity contribution in [1.82, 2.24) is 9.97 Å². The zero-order valence-corrected chi connectivity index (χ0v) is 11.5. The van der Waals surface area contributed by atoms with E-state index in [1.54, 1.807) is 14.2 Å². The Bertz CT molecular complexity index is 612. The molecule has 0 amide bonds. The van der Waals surface area contributed by atoms with Crippen LogP contribution in [0.4, 0.5) is 5.82 Å². The Morgan fingerprint density at radius 1 is 1.00 bits per heavy atom. The summed E-state index contributed by atoms with van der Waals surface area (Å²) < 4.78 is 10.7. The van der Waals surface area contributed by atoms with Crippen molar-refractivity contribution in [2.24, 2.45) is 0 Å². The third kappa shape index (κ3) is 2.31. The van der Waals surface area contributed by atoms with Gasteiger partial charge in [0.15, 0.2) is 11.5 Å². The molecule has 0 radical (unpaired) electrons. The molecule has 0 bridgehead atoms. The first-order chi connectivity index (χ1) is 9.08. The predicted molar refractivity (Wildman–Crippen MR) is 74.5 cm³/mol. The van der Waals surface area contributed by atoms with Crippen molar-refractivity contribution < 1.29 is 9.47 Å². The van der Waals surface area contributed by atoms with E-state index in [0.29, 0.717) is 23.0 Å². The van der Waals surface area contributed by atoms with Crippen molar-refractivity contribution >= 4 is 5.82 Å². The number of aryl methyl sites for hydroxylation is 2. The highest BCUT2D eigenvalue weighted by molar-refractivity contribution is 5.77. The van der Waals surface area contributed by atoms with Gasteiger partial charge in [-0.1, -0.05) is 6.07 Å². The van der Waals surface area contributed by atoms with Crippen LogP contribution in [0.2, 0.25) is 0 Å². The van der Waals surface area contributed by atoms with Crippen molar-refractivity contribution in [2.75, 3.05) is 20.0 Å². The maximum atomic E-state index is 5.97. The van der Waals surface area contributed by atoms with Gasteiger partial charge in [-0.05, 0) is 26.0 Å². The maximum absolute atomic E-state index is 5.97. The van der Waals surface area contributed by atoms with Crippen molar-refractivity contribution in [3.05, 3.63) is 29.6 Å². The smallest absolute Gasteiger partial charge is 0.170 e. The van der Waals surface area contributed by atoms with E-state index in [0.717, 1.165) is 17.0 Å². The fourth-order valence-corrected chi connectivity index (χ4v) is 1.89. The van der Waals surface area contributed by atoms with Crippen LogP contribution >= 0.6 is 0 Å². The quantitative estimate of drug-likeness (QED) is 0.916. The molecule has 0 spiro atoms. The van der Waals surface area contributed by atoms with Gasteiger partial charge in [0.25, 0.3) is 0 Å². The number of nitrogens with two attached hydrogens (primary N) is 1. The zero-order chi connectivity index (χ0) is 14.0. The van der Waals surface area contributed by atoms with Gasteiger partial charge in [0.05, 0.1) is 25.6 Å². The molecule has 2 aromatic rings. The summed E-state index contributed by atoms with van der Waals surface area (Å²) in [5, 5.41) is 0. The van der Waals surface area contributed by atoms with Crippen molar-refractivity contribution in [1.29, 1.82) is 0 Å². The minimum Gasteiger partial charge on any atom is -0.493 e. The predicted octanol–water partition coefficient (Wildman–Crippen LogP) is 2.36. The van der Waals surface area contributed by atoms with Gasteiger partial charge in [0.1, 0.15) is 11.5 Å². The lowest BCUT2D eigenvalue weighted by Gasteiger charge is -2.14. The van der Waals surface area contributed by atoms with E-state index in [2.05, 4.69) is 9.97 Å². The average Bonchev–Trinajstić information content (AvgIpc) is 2.41. The largest absolute Gasteiger partial charge is 0.493 e. The second kappa shape index (κ2) is 5.14. The van der Waals surface area contributed by atoms with Crippen molar-refractivity contribution in [3.8, 4) is 22.8 Å². The first kappa shape index (κ1) is 13.1. The lowest BCUT2D eigenvalue weighted by Crippen LogP contribution is -2.03. The molecule has 0 saturated heterocycles. The van der Waals surface area contributed by atoms with Gasteiger partial charge in [-0.3, -0.25) is 0 Å². The fraction of sp³-hybridized carbons (Fsp3) is 0.286. The number of aromatic nitrogens is 2. The fourth-order valence-electron chi connectivity index (χ4n) is 1.89. The summed E-state index contributed by atoms with van der Waals surface area (Å²) in [6, 6.07) is 5.58. The summed E-state index contributed by atoms with van der Waals surface area (Å²) in [4.78, 5) is 8.80. The van der Waals surface area contributed by atoms with Gasteiger partial charge >= 0.3 is 0 Å². The molecule has 0 unspecified atom stereocenters. The highest BCUT2D eigenvalue weighted by atomic mass is 16.5. The van der Waals surface area contributed by atoms with Crippen LogP contribution < -0.4 is 15.2 Å². The lowest BCUT2D eigenvalue weighted by atomic mass is 10.1. The van der Waals surface area contributed by atoms with E-state index in [1.807, 2.05) is 32.0 Å². The topological polar surface area (TPSA) is 70.3 Å². The first-order valence-electron chi connectivity index (χ1n) is 5.90. The van der Waals surface area contributed by atoms with E-state index in [4.69, 9.17) is 15.2 Å². The molecule has 0 saturated carbocycles. The highest BCUT2D eigenvalue weighted by Crippen LogP contribution is 2.38. The van der Waals surface area contributed by atoms with Gasteiger partial charge in [0.2, 0.25) is 0 Å². The summed E-state index contributed by atoms with van der Waals surface area (Å²) in [6.45, 7) is 3.78. The SMILES string of the molecule is COc1cccc(-c2nc(C)c(C)nc2N)c1OC. The number of ether oxygens (including phenoxy) is 2. The Balaban J connectivity index is 2.68. The molecule has 5 nitrogen and oxygen atoms in total. The second-order valence-electron chi connectivity index (χ2n) is 4.17. The molecule has 1 heterocycles. The maximum Gasteiger partial charge on any atom is 0.170 e. The number of methoxy groups -OCH3 is 2. The van der Waals surface area contributed by atoms with Crippen LogP contribution in [0, 0.1) is 13.8 Å². The number of nitrogen functional groups attached to an aromatic ring is 1. The molecular weight excluding hydrogens is 242 g/mol. The van der Waals surface area contributed by atoms with Crippen LogP contribution in [-0.2, 0) is 0 Å². The Hall–Kier alpha value is -2.30. The number of hydrogen-bond acceptors (Lipinski definition) is 5. The van der Waals surface area contributed by atoms with Crippen LogP contribution in [0.5, 0.6) is 11.5 Å². The third-order valence-corrected chi connectivity index (χ3v) is 2.99. The van der Waals surface area contributed by atoms with Gasteiger partial charge in [-0.2, -0.15) is 0 Å². The number of anilines is 1. The molecule has 0 aliphatic carbocycles. The highest BCUT2D eigenvalue weighted by Gasteiger charge is 2.16. The minimum absolute atomic E-state index is 0.384. The van der Waals surface area contributed by atoms with Crippen LogP contribution in [0.3, 0.4) is 0 Å². The van der Waals surface area contributed by atoms with Crippen molar-refractivity contribution in [2.45, 2.75) is 13.8 Å². The Labute approximate surface area is 112 Å². The number of hydrogen-bond donors (Lipinski definition) is 1. The van der Waals surface area contributed by atoms with Gasteiger partial charge in [-0.25, -0.2) is 9.97 Å². The number of nitrogens with zero attached hydrogens (tertiary/aromatic N) is 2. The van der Waals surface area contributed by atoms with E-state index < -0.39 is 0 Å². The molecule has 19 heavy (non-hydrogen) atoms. The molecule has 0 fully saturated rings. The molecule has 1 aromatic carbocycles. The molecule has 5 heteroatoms. The summed E-state index contributed by atoms with van der Waals surface area (Å²) in [5.41, 5.74) is 9.01. The lowest BCUT2D eigenvalue weighted by molar-refractivity contribution is 0.356. The Morgan fingerprint density at radius 3 is 2.32 bits per heavy atom. The van der Waals surface area contributed by atoms with Crippen LogP contribution in [0.15, 0.2) is 18.2 Å². The summed E-state index contributed by atoms with van der Waals surface area (Å²) in [7, 11) is 3.18. The Kier molecular flexibility index (Phi) is 3.55. The van der Waals surface area contributed by atoms with Gasteiger partial charge in [0, 0.05) is 5.56 Å². The van der Waals surface area contributed by atoms with Gasteiger partial charge < -0.3 is 15.2 Å². The average molecular weight is 259 g/mol. The number of benzene rings is 1. The van der Waals surface area contributed by atoms with Gasteiger partial charge in [-0.15, -0.1) is 0 Å². The summed E-state index contributed by atoms with van der Waals surface area (Å²) in [6.07, 6.45) is 0. The van der Waals surface area contributed by atoms with Crippen LogP contribution in [0.25, 0.3) is 11.3 Å². The summed E-state index contributed by atoms with van der Waals surface area (Å²) in [5.74, 6) is 1.63. The van der Waals surface area contributed by atoms with Crippen molar-refractivity contribution in [3.63, 3.8) is 0 Å².